The van der Waals surface area contributed by atoms with Crippen LogP contribution < -0.4 is 16.8 Å². The number of hydrogen-bond donors (Lipinski definition) is 5. The van der Waals surface area contributed by atoms with Gasteiger partial charge in [0.2, 0.25) is 5.95 Å². The summed E-state index contributed by atoms with van der Waals surface area (Å²) in [6.07, 6.45) is -0.673. The van der Waals surface area contributed by atoms with Crippen LogP contribution in [-0.4, -0.2) is 50.0 Å². The SMILES string of the molecule is Nc1nc(N)c2cc(COC(=O)c3ccc(C(=O)N[C@H](CCC(=O)O)C(=O)O)cc3)ccc2n1. The minimum absolute atomic E-state index is 0.0509. The number of nitrogen functional groups attached to an aromatic ring is 2. The fraction of sp³-hybridized carbons (Fsp3) is 0.182. The van der Waals surface area contributed by atoms with Crippen LogP contribution in [-0.2, 0) is 20.9 Å². The van der Waals surface area contributed by atoms with E-state index in [1.807, 2.05) is 0 Å². The Morgan fingerprint density at radius 3 is 2.29 bits per heavy atom. The van der Waals surface area contributed by atoms with Gasteiger partial charge >= 0.3 is 17.9 Å². The van der Waals surface area contributed by atoms with Crippen LogP contribution in [0.4, 0.5) is 11.8 Å². The lowest BCUT2D eigenvalue weighted by atomic mass is 10.1. The lowest BCUT2D eigenvalue weighted by molar-refractivity contribution is -0.140. The van der Waals surface area contributed by atoms with E-state index in [2.05, 4.69) is 15.3 Å². The number of aliphatic carboxylic acids is 2. The van der Waals surface area contributed by atoms with Crippen molar-refractivity contribution in [3.8, 4) is 0 Å². The van der Waals surface area contributed by atoms with Gasteiger partial charge in [-0.15, -0.1) is 0 Å². The van der Waals surface area contributed by atoms with Crippen molar-refractivity contribution in [2.24, 2.45) is 0 Å². The number of carboxylic acid groups (broad SMARTS) is 2. The van der Waals surface area contributed by atoms with Crippen molar-refractivity contribution in [1.82, 2.24) is 15.3 Å². The molecule has 0 spiro atoms. The third kappa shape index (κ3) is 5.94. The van der Waals surface area contributed by atoms with Gasteiger partial charge in [0.25, 0.3) is 5.91 Å². The lowest BCUT2D eigenvalue weighted by Crippen LogP contribution is -2.41. The third-order valence-corrected chi connectivity index (χ3v) is 4.81. The lowest BCUT2D eigenvalue weighted by Gasteiger charge is -2.13. The summed E-state index contributed by atoms with van der Waals surface area (Å²) in [5.41, 5.74) is 12.9. The molecule has 176 valence electrons. The normalized spacial score (nSPS) is 11.5. The van der Waals surface area contributed by atoms with Gasteiger partial charge in [0.15, 0.2) is 0 Å². The summed E-state index contributed by atoms with van der Waals surface area (Å²) in [6.45, 7) is -0.0509. The molecule has 1 amide bonds. The van der Waals surface area contributed by atoms with Crippen LogP contribution in [0.1, 0.15) is 39.1 Å². The summed E-state index contributed by atoms with van der Waals surface area (Å²) < 4.78 is 5.30. The molecule has 0 bridgehead atoms. The topological polar surface area (TPSA) is 208 Å². The highest BCUT2D eigenvalue weighted by Gasteiger charge is 2.22. The molecule has 1 aromatic heterocycles. The maximum atomic E-state index is 12.4. The minimum Gasteiger partial charge on any atom is -0.481 e. The van der Waals surface area contributed by atoms with Crippen LogP contribution >= 0.6 is 0 Å². The first-order chi connectivity index (χ1) is 16.1. The van der Waals surface area contributed by atoms with E-state index in [0.29, 0.717) is 16.5 Å². The standard InChI is InChI=1S/C22H21N5O7/c23-18-14-9-11(1-6-15(14)26-22(24)27-18)10-34-21(33)13-4-2-12(3-5-13)19(30)25-16(20(31)32)7-8-17(28)29/h1-6,9,16H,7-8,10H2,(H,25,30)(H,28,29)(H,31,32)(H4,23,24,26,27)/t16-/m1/s1. The Bertz CT molecular complexity index is 1260. The van der Waals surface area contributed by atoms with Gasteiger partial charge in [0, 0.05) is 17.4 Å². The molecule has 3 rings (SSSR count). The number of nitrogens with one attached hydrogen (secondary N) is 1. The molecule has 0 unspecified atom stereocenters. The van der Waals surface area contributed by atoms with E-state index in [1.165, 1.54) is 24.3 Å². The minimum atomic E-state index is -1.36. The molecule has 0 aliphatic carbocycles. The van der Waals surface area contributed by atoms with Gasteiger partial charge in [-0.3, -0.25) is 9.59 Å². The summed E-state index contributed by atoms with van der Waals surface area (Å²) >= 11 is 0. The Kier molecular flexibility index (Phi) is 7.21. The van der Waals surface area contributed by atoms with E-state index in [-0.39, 0.29) is 35.9 Å². The van der Waals surface area contributed by atoms with Crippen molar-refractivity contribution < 1.29 is 34.1 Å². The second-order valence-electron chi connectivity index (χ2n) is 7.27. The van der Waals surface area contributed by atoms with Crippen LogP contribution in [0.2, 0.25) is 0 Å². The van der Waals surface area contributed by atoms with Crippen LogP contribution in [0.15, 0.2) is 42.5 Å². The zero-order chi connectivity index (χ0) is 24.8. The van der Waals surface area contributed by atoms with E-state index < -0.39 is 36.3 Å². The molecule has 0 saturated carbocycles. The maximum Gasteiger partial charge on any atom is 0.338 e. The number of aromatic nitrogens is 2. The number of fused-ring (bicyclic) bond motifs is 1. The smallest absolute Gasteiger partial charge is 0.338 e. The Labute approximate surface area is 192 Å². The molecule has 34 heavy (non-hydrogen) atoms. The first-order valence-electron chi connectivity index (χ1n) is 9.98. The predicted molar refractivity (Wildman–Crippen MR) is 120 cm³/mol. The summed E-state index contributed by atoms with van der Waals surface area (Å²) in [6, 6.07) is 9.11. The molecule has 0 radical (unpaired) electrons. The molecular weight excluding hydrogens is 446 g/mol. The molecule has 1 heterocycles. The number of carboxylic acids is 2. The largest absolute Gasteiger partial charge is 0.481 e. The van der Waals surface area contributed by atoms with Crippen molar-refractivity contribution in [2.45, 2.75) is 25.5 Å². The maximum absolute atomic E-state index is 12.4. The van der Waals surface area contributed by atoms with Crippen LogP contribution in [0.5, 0.6) is 0 Å². The van der Waals surface area contributed by atoms with E-state index in [0.717, 1.165) is 0 Å². The fourth-order valence-corrected chi connectivity index (χ4v) is 3.06. The highest BCUT2D eigenvalue weighted by molar-refractivity contribution is 5.98. The van der Waals surface area contributed by atoms with Gasteiger partial charge in [0.1, 0.15) is 18.5 Å². The zero-order valence-corrected chi connectivity index (χ0v) is 17.7. The van der Waals surface area contributed by atoms with Gasteiger partial charge in [-0.25, -0.2) is 14.6 Å². The molecule has 0 aliphatic rings. The number of anilines is 2. The molecular formula is C22H21N5O7. The van der Waals surface area contributed by atoms with Gasteiger partial charge < -0.3 is 31.7 Å². The summed E-state index contributed by atoms with van der Waals surface area (Å²) in [5, 5.41) is 20.7. The van der Waals surface area contributed by atoms with E-state index in [9.17, 15) is 19.2 Å². The number of nitrogens with two attached hydrogens (primary N) is 2. The summed E-state index contributed by atoms with van der Waals surface area (Å²) in [5.74, 6) is -3.61. The molecule has 0 aliphatic heterocycles. The Balaban J connectivity index is 1.61. The van der Waals surface area contributed by atoms with Crippen LogP contribution in [0, 0.1) is 0 Å². The average molecular weight is 467 g/mol. The average Bonchev–Trinajstić information content (AvgIpc) is 2.79. The predicted octanol–water partition coefficient (Wildman–Crippen LogP) is 1.20. The molecule has 12 heteroatoms. The van der Waals surface area contributed by atoms with Crippen molar-refractivity contribution in [3.63, 3.8) is 0 Å². The van der Waals surface area contributed by atoms with E-state index in [4.69, 9.17) is 26.4 Å². The number of esters is 1. The number of benzene rings is 2. The summed E-state index contributed by atoms with van der Waals surface area (Å²) in [7, 11) is 0. The number of carbonyl (C=O) groups is 4. The van der Waals surface area contributed by atoms with Gasteiger partial charge in [-0.1, -0.05) is 6.07 Å². The molecule has 3 aromatic rings. The number of nitrogens with zero attached hydrogens (tertiary/aromatic N) is 2. The fourth-order valence-electron chi connectivity index (χ4n) is 3.06. The first-order valence-corrected chi connectivity index (χ1v) is 9.98. The van der Waals surface area contributed by atoms with Gasteiger partial charge in [-0.05, 0) is 48.4 Å². The Morgan fingerprint density at radius 2 is 1.65 bits per heavy atom. The molecule has 12 nitrogen and oxygen atoms in total. The Morgan fingerprint density at radius 1 is 0.971 bits per heavy atom. The van der Waals surface area contributed by atoms with E-state index in [1.54, 1.807) is 18.2 Å². The zero-order valence-electron chi connectivity index (χ0n) is 17.7. The monoisotopic (exact) mass is 467 g/mol. The van der Waals surface area contributed by atoms with Crippen molar-refractivity contribution in [3.05, 3.63) is 59.2 Å². The number of hydrogen-bond acceptors (Lipinski definition) is 9. The van der Waals surface area contributed by atoms with Crippen molar-refractivity contribution >= 4 is 46.5 Å². The summed E-state index contributed by atoms with van der Waals surface area (Å²) in [4.78, 5) is 54.5. The number of rotatable bonds is 9. The third-order valence-electron chi connectivity index (χ3n) is 4.81. The van der Waals surface area contributed by atoms with E-state index >= 15 is 0 Å². The second-order valence-corrected chi connectivity index (χ2v) is 7.27. The van der Waals surface area contributed by atoms with Crippen LogP contribution in [0.25, 0.3) is 10.9 Å². The highest BCUT2D eigenvalue weighted by atomic mass is 16.5. The van der Waals surface area contributed by atoms with Crippen LogP contribution in [0.3, 0.4) is 0 Å². The van der Waals surface area contributed by atoms with Gasteiger partial charge in [0.05, 0.1) is 11.1 Å². The molecule has 1 atom stereocenters. The quantitative estimate of drug-likeness (QED) is 0.282. The number of ether oxygens (including phenoxy) is 1. The van der Waals surface area contributed by atoms with Gasteiger partial charge in [-0.2, -0.15) is 4.98 Å². The molecule has 2 aromatic carbocycles. The first kappa shape index (κ1) is 23.9. The highest BCUT2D eigenvalue weighted by Crippen LogP contribution is 2.21. The number of carbonyl (C=O) groups excluding carboxylic acids is 2. The number of amides is 1. The van der Waals surface area contributed by atoms with Crippen molar-refractivity contribution in [2.75, 3.05) is 11.5 Å². The molecule has 7 N–H and O–H groups in total. The molecule has 0 saturated heterocycles. The van der Waals surface area contributed by atoms with Crippen molar-refractivity contribution in [1.29, 1.82) is 0 Å². The second kappa shape index (κ2) is 10.3. The molecule has 0 fully saturated rings. The Hall–Kier alpha value is -4.74.